The fourth-order valence-corrected chi connectivity index (χ4v) is 1.15. The molecule has 1 rings (SSSR count). The Morgan fingerprint density at radius 3 is 2.47 bits per heavy atom. The third-order valence-corrected chi connectivity index (χ3v) is 2.05. The molecule has 0 amide bonds. The Hall–Kier alpha value is -1.70. The first-order valence-corrected chi connectivity index (χ1v) is 4.84. The van der Waals surface area contributed by atoms with Crippen LogP contribution in [0.15, 0.2) is 48.8 Å². The number of allylic oxidation sites excluding steroid dienone is 2. The molecule has 0 fully saturated rings. The molecular formula is C13H16O2. The Bertz CT molecular complexity index is 336. The van der Waals surface area contributed by atoms with E-state index in [-0.39, 0.29) is 0 Å². The third kappa shape index (κ3) is 3.50. The van der Waals surface area contributed by atoms with Crippen LogP contribution in [0.4, 0.5) is 0 Å². The summed E-state index contributed by atoms with van der Waals surface area (Å²) in [5.41, 5.74) is 1.11. The van der Waals surface area contributed by atoms with Gasteiger partial charge in [0.1, 0.15) is 18.1 Å². The first-order valence-electron chi connectivity index (χ1n) is 4.84. The summed E-state index contributed by atoms with van der Waals surface area (Å²) >= 11 is 0. The van der Waals surface area contributed by atoms with Gasteiger partial charge in [-0.15, -0.1) is 0 Å². The number of rotatable bonds is 5. The fourth-order valence-electron chi connectivity index (χ4n) is 1.15. The van der Waals surface area contributed by atoms with E-state index in [1.54, 1.807) is 13.2 Å². The summed E-state index contributed by atoms with van der Waals surface area (Å²) < 4.78 is 10.6. The first-order chi connectivity index (χ1) is 7.30. The largest absolute Gasteiger partial charge is 0.497 e. The molecule has 0 saturated heterocycles. The second-order valence-corrected chi connectivity index (χ2v) is 3.03. The highest BCUT2D eigenvalue weighted by molar-refractivity contribution is 5.26. The molecule has 0 N–H and O–H groups in total. The van der Waals surface area contributed by atoms with E-state index >= 15 is 0 Å². The molecule has 0 aliphatic rings. The SMILES string of the molecule is C=C/C(=C\C)OCc1ccc(OC)cc1. The average molecular weight is 204 g/mol. The van der Waals surface area contributed by atoms with Crippen LogP contribution in [0.5, 0.6) is 5.75 Å². The van der Waals surface area contributed by atoms with E-state index in [2.05, 4.69) is 6.58 Å². The van der Waals surface area contributed by atoms with Crippen LogP contribution in [-0.4, -0.2) is 7.11 Å². The van der Waals surface area contributed by atoms with Crippen molar-refractivity contribution in [3.63, 3.8) is 0 Å². The molecule has 0 aromatic heterocycles. The van der Waals surface area contributed by atoms with E-state index in [9.17, 15) is 0 Å². The molecule has 2 nitrogen and oxygen atoms in total. The number of hydrogen-bond acceptors (Lipinski definition) is 2. The fraction of sp³-hybridized carbons (Fsp3) is 0.231. The van der Waals surface area contributed by atoms with Crippen molar-refractivity contribution in [3.8, 4) is 5.75 Å². The minimum atomic E-state index is 0.551. The normalized spacial score (nSPS) is 10.9. The summed E-state index contributed by atoms with van der Waals surface area (Å²) in [6.07, 6.45) is 3.58. The van der Waals surface area contributed by atoms with Crippen molar-refractivity contribution in [1.82, 2.24) is 0 Å². The maximum absolute atomic E-state index is 5.50. The van der Waals surface area contributed by atoms with E-state index in [4.69, 9.17) is 9.47 Å². The van der Waals surface area contributed by atoms with Gasteiger partial charge in [0.2, 0.25) is 0 Å². The van der Waals surface area contributed by atoms with Crippen LogP contribution in [0.3, 0.4) is 0 Å². The Morgan fingerprint density at radius 2 is 2.00 bits per heavy atom. The lowest BCUT2D eigenvalue weighted by Gasteiger charge is -2.07. The van der Waals surface area contributed by atoms with Gasteiger partial charge < -0.3 is 9.47 Å². The first kappa shape index (κ1) is 11.4. The Kier molecular flexibility index (Phi) is 4.48. The Labute approximate surface area is 90.8 Å². The van der Waals surface area contributed by atoms with Crippen molar-refractivity contribution in [2.45, 2.75) is 13.5 Å². The van der Waals surface area contributed by atoms with Gasteiger partial charge in [-0.1, -0.05) is 18.7 Å². The van der Waals surface area contributed by atoms with Crippen molar-refractivity contribution in [2.75, 3.05) is 7.11 Å². The summed E-state index contributed by atoms with van der Waals surface area (Å²) in [6.45, 7) is 6.13. The smallest absolute Gasteiger partial charge is 0.118 e. The zero-order valence-corrected chi connectivity index (χ0v) is 9.19. The van der Waals surface area contributed by atoms with Gasteiger partial charge >= 0.3 is 0 Å². The minimum Gasteiger partial charge on any atom is -0.497 e. The molecule has 1 aromatic carbocycles. The molecule has 0 heterocycles. The predicted molar refractivity (Wildman–Crippen MR) is 61.7 cm³/mol. The van der Waals surface area contributed by atoms with Crippen LogP contribution < -0.4 is 4.74 Å². The van der Waals surface area contributed by atoms with Crippen LogP contribution in [0.1, 0.15) is 12.5 Å². The molecule has 80 valence electrons. The van der Waals surface area contributed by atoms with Gasteiger partial charge in [0.15, 0.2) is 0 Å². The predicted octanol–water partition coefficient (Wildman–Crippen LogP) is 3.30. The molecule has 0 unspecified atom stereocenters. The Balaban J connectivity index is 2.54. The molecule has 2 heteroatoms. The number of ether oxygens (including phenoxy) is 2. The molecule has 0 radical (unpaired) electrons. The van der Waals surface area contributed by atoms with Gasteiger partial charge in [-0.05, 0) is 36.8 Å². The van der Waals surface area contributed by atoms with Crippen molar-refractivity contribution in [1.29, 1.82) is 0 Å². The lowest BCUT2D eigenvalue weighted by Crippen LogP contribution is -1.91. The molecule has 1 aromatic rings. The van der Waals surface area contributed by atoms with E-state index in [1.807, 2.05) is 37.3 Å². The van der Waals surface area contributed by atoms with Crippen LogP contribution in [0.2, 0.25) is 0 Å². The number of benzene rings is 1. The highest BCUT2D eigenvalue weighted by Crippen LogP contribution is 2.13. The summed E-state index contributed by atoms with van der Waals surface area (Å²) in [4.78, 5) is 0. The summed E-state index contributed by atoms with van der Waals surface area (Å²) in [5.74, 6) is 1.65. The van der Waals surface area contributed by atoms with Crippen molar-refractivity contribution in [2.24, 2.45) is 0 Å². The minimum absolute atomic E-state index is 0.551. The molecule has 0 aliphatic carbocycles. The lowest BCUT2D eigenvalue weighted by atomic mass is 10.2. The van der Waals surface area contributed by atoms with E-state index in [0.29, 0.717) is 6.61 Å². The van der Waals surface area contributed by atoms with Crippen LogP contribution >= 0.6 is 0 Å². The third-order valence-electron chi connectivity index (χ3n) is 2.05. The summed E-state index contributed by atoms with van der Waals surface area (Å²) in [6, 6.07) is 7.80. The van der Waals surface area contributed by atoms with E-state index < -0.39 is 0 Å². The van der Waals surface area contributed by atoms with Gasteiger partial charge in [0.25, 0.3) is 0 Å². The maximum Gasteiger partial charge on any atom is 0.118 e. The van der Waals surface area contributed by atoms with Gasteiger partial charge in [-0.25, -0.2) is 0 Å². The van der Waals surface area contributed by atoms with E-state index in [1.165, 1.54) is 0 Å². The number of hydrogen-bond donors (Lipinski definition) is 0. The van der Waals surface area contributed by atoms with Gasteiger partial charge in [0, 0.05) is 0 Å². The highest BCUT2D eigenvalue weighted by Gasteiger charge is 1.95. The lowest BCUT2D eigenvalue weighted by molar-refractivity contribution is 0.210. The molecule has 0 aliphatic heterocycles. The Morgan fingerprint density at radius 1 is 1.33 bits per heavy atom. The van der Waals surface area contributed by atoms with Crippen LogP contribution in [-0.2, 0) is 11.3 Å². The maximum atomic E-state index is 5.50. The quantitative estimate of drug-likeness (QED) is 0.541. The summed E-state index contributed by atoms with van der Waals surface area (Å²) in [7, 11) is 1.65. The van der Waals surface area contributed by atoms with Gasteiger partial charge in [-0.2, -0.15) is 0 Å². The second kappa shape index (κ2) is 5.91. The monoisotopic (exact) mass is 204 g/mol. The van der Waals surface area contributed by atoms with Gasteiger partial charge in [-0.3, -0.25) is 0 Å². The average Bonchev–Trinajstić information content (AvgIpc) is 2.31. The van der Waals surface area contributed by atoms with Crippen LogP contribution in [0, 0.1) is 0 Å². The van der Waals surface area contributed by atoms with Crippen molar-refractivity contribution >= 4 is 0 Å². The number of methoxy groups -OCH3 is 1. The molecular weight excluding hydrogens is 188 g/mol. The van der Waals surface area contributed by atoms with Gasteiger partial charge in [0.05, 0.1) is 7.11 Å². The molecule has 15 heavy (non-hydrogen) atoms. The molecule has 0 saturated carbocycles. The summed E-state index contributed by atoms with van der Waals surface area (Å²) in [5, 5.41) is 0. The molecule has 0 bridgehead atoms. The standard InChI is InChI=1S/C13H16O2/c1-4-12(5-2)15-10-11-6-8-13(14-3)9-7-11/h4-9H,1,10H2,2-3H3/b12-5+. The highest BCUT2D eigenvalue weighted by atomic mass is 16.5. The molecule has 0 spiro atoms. The zero-order valence-electron chi connectivity index (χ0n) is 9.19. The van der Waals surface area contributed by atoms with Crippen molar-refractivity contribution in [3.05, 3.63) is 54.3 Å². The van der Waals surface area contributed by atoms with E-state index in [0.717, 1.165) is 17.1 Å². The van der Waals surface area contributed by atoms with Crippen molar-refractivity contribution < 1.29 is 9.47 Å². The second-order valence-electron chi connectivity index (χ2n) is 3.03. The molecule has 0 atom stereocenters. The van der Waals surface area contributed by atoms with Crippen LogP contribution in [0.25, 0.3) is 0 Å². The zero-order chi connectivity index (χ0) is 11.1. The topological polar surface area (TPSA) is 18.5 Å².